The molecule has 5 heteroatoms. The summed E-state index contributed by atoms with van der Waals surface area (Å²) < 4.78 is 0. The van der Waals surface area contributed by atoms with E-state index in [1.54, 1.807) is 18.5 Å². The number of aliphatic hydroxyl groups is 1. The van der Waals surface area contributed by atoms with E-state index in [1.165, 1.54) is 5.56 Å². The van der Waals surface area contributed by atoms with Gasteiger partial charge < -0.3 is 15.5 Å². The van der Waals surface area contributed by atoms with Crippen LogP contribution < -0.4 is 5.32 Å². The van der Waals surface area contributed by atoms with Gasteiger partial charge >= 0.3 is 5.97 Å². The lowest BCUT2D eigenvalue weighted by Gasteiger charge is -2.13. The van der Waals surface area contributed by atoms with Gasteiger partial charge in [-0.25, -0.2) is 4.79 Å². The minimum Gasteiger partial charge on any atom is -0.478 e. The van der Waals surface area contributed by atoms with Crippen LogP contribution in [0.4, 0.5) is 0 Å². The summed E-state index contributed by atoms with van der Waals surface area (Å²) >= 11 is 0. The maximum atomic E-state index is 11.5. The molecule has 31 heavy (non-hydrogen) atoms. The van der Waals surface area contributed by atoms with Crippen LogP contribution in [-0.2, 0) is 12.8 Å². The molecule has 3 aromatic rings. The Labute approximate surface area is 183 Å². The summed E-state index contributed by atoms with van der Waals surface area (Å²) in [6.07, 6.45) is 4.41. The first-order valence-electron chi connectivity index (χ1n) is 10.7. The number of carbonyl (C=O) groups is 1. The Balaban J connectivity index is 1.58. The predicted octanol–water partition coefficient (Wildman–Crippen LogP) is 4.51. The summed E-state index contributed by atoms with van der Waals surface area (Å²) in [5.41, 5.74) is 5.38. The Morgan fingerprint density at radius 2 is 1.81 bits per heavy atom. The summed E-state index contributed by atoms with van der Waals surface area (Å²) in [7, 11) is 0. The highest BCUT2D eigenvalue weighted by Gasteiger charge is 2.13. The van der Waals surface area contributed by atoms with E-state index in [2.05, 4.69) is 48.4 Å². The molecule has 0 bridgehead atoms. The van der Waals surface area contributed by atoms with E-state index < -0.39 is 12.1 Å². The van der Waals surface area contributed by atoms with Crippen LogP contribution in [0.5, 0.6) is 0 Å². The Morgan fingerprint density at radius 1 is 1.06 bits per heavy atom. The standard InChI is InChI=1S/C26H30N2O3/c1-18(2)14-23-15-21(9-10-24(23)26(30)31)20-7-5-19(6-8-20)11-13-28-17-25(29)22-4-3-12-27-16-22/h3-10,12,15-16,18,25,28-29H,11,13-14,17H2,1-2H3,(H,30,31)/t25-/m0/s1. The van der Waals surface area contributed by atoms with Gasteiger partial charge in [0.15, 0.2) is 0 Å². The maximum absolute atomic E-state index is 11.5. The fourth-order valence-electron chi connectivity index (χ4n) is 3.62. The van der Waals surface area contributed by atoms with Crippen LogP contribution in [0.1, 0.15) is 47.0 Å². The van der Waals surface area contributed by atoms with Gasteiger partial charge in [-0.05, 0) is 59.7 Å². The second-order valence-electron chi connectivity index (χ2n) is 8.23. The van der Waals surface area contributed by atoms with Gasteiger partial charge in [-0.1, -0.05) is 56.3 Å². The monoisotopic (exact) mass is 418 g/mol. The summed E-state index contributed by atoms with van der Waals surface area (Å²) in [6.45, 7) is 5.44. The van der Waals surface area contributed by atoms with Gasteiger partial charge in [-0.3, -0.25) is 4.98 Å². The molecular formula is C26H30N2O3. The van der Waals surface area contributed by atoms with Gasteiger partial charge in [-0.15, -0.1) is 0 Å². The molecule has 0 saturated carbocycles. The lowest BCUT2D eigenvalue weighted by Crippen LogP contribution is -2.23. The zero-order valence-corrected chi connectivity index (χ0v) is 18.1. The van der Waals surface area contributed by atoms with Crippen molar-refractivity contribution in [1.29, 1.82) is 0 Å². The molecule has 0 radical (unpaired) electrons. The first-order chi connectivity index (χ1) is 14.9. The van der Waals surface area contributed by atoms with Crippen LogP contribution in [0.25, 0.3) is 11.1 Å². The molecule has 3 rings (SSSR count). The van der Waals surface area contributed by atoms with Crippen LogP contribution in [0, 0.1) is 5.92 Å². The number of nitrogens with zero attached hydrogens (tertiary/aromatic N) is 1. The molecule has 1 atom stereocenters. The number of nitrogens with one attached hydrogen (secondary N) is 1. The van der Waals surface area contributed by atoms with Crippen molar-refractivity contribution in [2.24, 2.45) is 5.92 Å². The lowest BCUT2D eigenvalue weighted by molar-refractivity contribution is 0.0695. The molecule has 0 amide bonds. The highest BCUT2D eigenvalue weighted by Crippen LogP contribution is 2.25. The van der Waals surface area contributed by atoms with E-state index in [1.807, 2.05) is 24.3 Å². The van der Waals surface area contributed by atoms with Crippen molar-refractivity contribution in [1.82, 2.24) is 10.3 Å². The van der Waals surface area contributed by atoms with Crippen molar-refractivity contribution in [3.63, 3.8) is 0 Å². The van der Waals surface area contributed by atoms with Gasteiger partial charge in [0.1, 0.15) is 0 Å². The third kappa shape index (κ3) is 6.48. The average Bonchev–Trinajstić information content (AvgIpc) is 2.77. The van der Waals surface area contributed by atoms with E-state index in [4.69, 9.17) is 0 Å². The molecule has 0 aliphatic carbocycles. The second-order valence-corrected chi connectivity index (χ2v) is 8.23. The number of hydrogen-bond donors (Lipinski definition) is 3. The SMILES string of the molecule is CC(C)Cc1cc(-c2ccc(CCNC[C@H](O)c3cccnc3)cc2)ccc1C(=O)O. The highest BCUT2D eigenvalue weighted by molar-refractivity contribution is 5.90. The largest absolute Gasteiger partial charge is 0.478 e. The van der Waals surface area contributed by atoms with Crippen LogP contribution in [0.15, 0.2) is 67.0 Å². The fourth-order valence-corrected chi connectivity index (χ4v) is 3.62. The van der Waals surface area contributed by atoms with Crippen molar-refractivity contribution >= 4 is 5.97 Å². The van der Waals surface area contributed by atoms with Gasteiger partial charge in [0.05, 0.1) is 11.7 Å². The highest BCUT2D eigenvalue weighted by atomic mass is 16.4. The molecule has 2 aromatic carbocycles. The number of pyridine rings is 1. The Kier molecular flexibility index (Phi) is 7.93. The van der Waals surface area contributed by atoms with Gasteiger partial charge in [0.25, 0.3) is 0 Å². The maximum Gasteiger partial charge on any atom is 0.335 e. The fraction of sp³-hybridized carbons (Fsp3) is 0.308. The van der Waals surface area contributed by atoms with Gasteiger partial charge in [0, 0.05) is 24.5 Å². The van der Waals surface area contributed by atoms with Crippen molar-refractivity contribution in [3.8, 4) is 11.1 Å². The summed E-state index contributed by atoms with van der Waals surface area (Å²) in [6, 6.07) is 17.6. The first kappa shape index (κ1) is 22.7. The predicted molar refractivity (Wildman–Crippen MR) is 123 cm³/mol. The Bertz CT molecular complexity index is 985. The molecule has 5 nitrogen and oxygen atoms in total. The molecule has 1 aromatic heterocycles. The topological polar surface area (TPSA) is 82.5 Å². The molecule has 0 saturated heterocycles. The van der Waals surface area contributed by atoms with E-state index in [9.17, 15) is 15.0 Å². The molecule has 0 fully saturated rings. The van der Waals surface area contributed by atoms with E-state index in [-0.39, 0.29) is 0 Å². The number of hydrogen-bond acceptors (Lipinski definition) is 4. The average molecular weight is 419 g/mol. The zero-order valence-electron chi connectivity index (χ0n) is 18.1. The summed E-state index contributed by atoms with van der Waals surface area (Å²) in [5.74, 6) is -0.487. The van der Waals surface area contributed by atoms with Crippen molar-refractivity contribution < 1.29 is 15.0 Å². The minimum atomic E-state index is -0.876. The molecule has 1 heterocycles. The smallest absolute Gasteiger partial charge is 0.335 e. The Hall–Kier alpha value is -3.02. The molecule has 0 spiro atoms. The lowest BCUT2D eigenvalue weighted by atomic mass is 9.93. The minimum absolute atomic E-state index is 0.383. The quantitative estimate of drug-likeness (QED) is 0.422. The Morgan fingerprint density at radius 3 is 2.45 bits per heavy atom. The number of benzene rings is 2. The number of rotatable bonds is 10. The molecule has 162 valence electrons. The second kappa shape index (κ2) is 10.8. The van der Waals surface area contributed by atoms with E-state index >= 15 is 0 Å². The molecular weight excluding hydrogens is 388 g/mol. The van der Waals surface area contributed by atoms with Gasteiger partial charge in [0.2, 0.25) is 0 Å². The molecule has 0 aliphatic heterocycles. The molecule has 0 aliphatic rings. The summed E-state index contributed by atoms with van der Waals surface area (Å²) in [5, 5.41) is 22.9. The summed E-state index contributed by atoms with van der Waals surface area (Å²) in [4.78, 5) is 15.5. The first-order valence-corrected chi connectivity index (χ1v) is 10.7. The van der Waals surface area contributed by atoms with E-state index in [0.29, 0.717) is 18.0 Å². The van der Waals surface area contributed by atoms with Crippen LogP contribution in [0.2, 0.25) is 0 Å². The third-order valence-electron chi connectivity index (χ3n) is 5.25. The van der Waals surface area contributed by atoms with Crippen LogP contribution in [-0.4, -0.2) is 34.3 Å². The van der Waals surface area contributed by atoms with Crippen LogP contribution >= 0.6 is 0 Å². The number of aromatic nitrogens is 1. The number of carboxylic acid groups (broad SMARTS) is 1. The van der Waals surface area contributed by atoms with Crippen molar-refractivity contribution in [2.45, 2.75) is 32.8 Å². The zero-order chi connectivity index (χ0) is 22.2. The molecule has 0 unspecified atom stereocenters. The van der Waals surface area contributed by atoms with Crippen LogP contribution in [0.3, 0.4) is 0 Å². The number of aliphatic hydroxyl groups excluding tert-OH is 1. The number of aromatic carboxylic acids is 1. The van der Waals surface area contributed by atoms with Crippen molar-refractivity contribution in [3.05, 3.63) is 89.2 Å². The molecule has 3 N–H and O–H groups in total. The normalized spacial score (nSPS) is 12.1. The van der Waals surface area contributed by atoms with Crippen molar-refractivity contribution in [2.75, 3.05) is 13.1 Å². The van der Waals surface area contributed by atoms with E-state index in [0.717, 1.165) is 41.6 Å². The third-order valence-corrected chi connectivity index (χ3v) is 5.25. The number of carboxylic acids is 1. The van der Waals surface area contributed by atoms with Gasteiger partial charge in [-0.2, -0.15) is 0 Å².